The van der Waals surface area contributed by atoms with Crippen molar-refractivity contribution >= 4 is 33.8 Å². The van der Waals surface area contributed by atoms with Crippen molar-refractivity contribution in [2.24, 2.45) is 14.1 Å². The Morgan fingerprint density at radius 1 is 1.29 bits per heavy atom. The molecule has 0 aliphatic carbocycles. The van der Waals surface area contributed by atoms with Crippen LogP contribution in [-0.2, 0) is 14.1 Å². The van der Waals surface area contributed by atoms with Gasteiger partial charge in [0.2, 0.25) is 0 Å². The van der Waals surface area contributed by atoms with Gasteiger partial charge in [0, 0.05) is 25.0 Å². The second-order valence-corrected chi connectivity index (χ2v) is 8.95. The van der Waals surface area contributed by atoms with Crippen LogP contribution in [0.3, 0.4) is 0 Å². The monoisotopic (exact) mass is 460 g/mol. The standard InChI is InChI=1S/C21H18ClFN4O3S/c1-25-18-15(20(29)26(2)21(25)30)16(10-4-3-5-11(23)6-10)27-12(8-28)7-13(17(18)27)19-24-14(22)9-31-19/h3-6,9,12-13,28H,7-8H2,1-2H3/t12-,13-/m1/s1. The molecule has 0 fully saturated rings. The van der Waals surface area contributed by atoms with Crippen molar-refractivity contribution in [1.82, 2.24) is 18.7 Å². The molecule has 160 valence electrons. The van der Waals surface area contributed by atoms with Gasteiger partial charge in [0.15, 0.2) is 0 Å². The summed E-state index contributed by atoms with van der Waals surface area (Å²) in [6, 6.07) is 5.61. The van der Waals surface area contributed by atoms with E-state index < -0.39 is 17.1 Å². The van der Waals surface area contributed by atoms with E-state index >= 15 is 0 Å². The predicted molar refractivity (Wildman–Crippen MR) is 118 cm³/mol. The number of aromatic nitrogens is 4. The zero-order chi connectivity index (χ0) is 22.0. The number of fused-ring (bicyclic) bond motifs is 3. The maximum Gasteiger partial charge on any atom is 0.331 e. The van der Waals surface area contributed by atoms with Gasteiger partial charge in [-0.1, -0.05) is 23.7 Å². The van der Waals surface area contributed by atoms with Gasteiger partial charge >= 0.3 is 5.69 Å². The first kappa shape index (κ1) is 20.2. The molecule has 4 heterocycles. The lowest BCUT2D eigenvalue weighted by Crippen LogP contribution is -2.37. The van der Waals surface area contributed by atoms with Crippen molar-refractivity contribution in [3.05, 3.63) is 72.2 Å². The Labute approximate surface area is 184 Å². The number of aliphatic hydroxyl groups is 1. The molecule has 1 aliphatic rings. The molecule has 0 radical (unpaired) electrons. The van der Waals surface area contributed by atoms with Crippen molar-refractivity contribution < 1.29 is 9.50 Å². The van der Waals surface area contributed by atoms with Crippen LogP contribution >= 0.6 is 22.9 Å². The molecule has 10 heteroatoms. The largest absolute Gasteiger partial charge is 0.394 e. The van der Waals surface area contributed by atoms with Gasteiger partial charge in [-0.05, 0) is 18.6 Å². The molecular formula is C21H18ClFN4O3S. The van der Waals surface area contributed by atoms with Crippen LogP contribution in [0.2, 0.25) is 5.15 Å². The number of aryl methyl sites for hydroxylation is 1. The fraction of sp³-hybridized carbons (Fsp3) is 0.286. The smallest absolute Gasteiger partial charge is 0.331 e. The van der Waals surface area contributed by atoms with Crippen LogP contribution in [0.1, 0.15) is 29.1 Å². The van der Waals surface area contributed by atoms with Crippen LogP contribution < -0.4 is 11.2 Å². The molecule has 1 N–H and O–H groups in total. The Kier molecular flexibility index (Phi) is 4.65. The molecule has 4 aromatic rings. The highest BCUT2D eigenvalue weighted by atomic mass is 35.5. The Balaban J connectivity index is 1.99. The van der Waals surface area contributed by atoms with Crippen molar-refractivity contribution in [2.45, 2.75) is 18.4 Å². The van der Waals surface area contributed by atoms with Gasteiger partial charge in [-0.15, -0.1) is 11.3 Å². The lowest BCUT2D eigenvalue weighted by atomic mass is 10.00. The summed E-state index contributed by atoms with van der Waals surface area (Å²) < 4.78 is 18.5. The SMILES string of the molecule is Cn1c(=O)c2c(-c3cccc(F)c3)n3c(c2n(C)c1=O)[C@H](c1nc(Cl)cs1)C[C@@H]3CO. The number of aliphatic hydroxyl groups excluding tert-OH is 1. The third-order valence-electron chi connectivity index (χ3n) is 5.95. The molecule has 5 rings (SSSR count). The van der Waals surface area contributed by atoms with Crippen LogP contribution in [0.15, 0.2) is 39.2 Å². The van der Waals surface area contributed by atoms with Crippen molar-refractivity contribution in [3.8, 4) is 11.3 Å². The van der Waals surface area contributed by atoms with Gasteiger partial charge in [-0.2, -0.15) is 0 Å². The van der Waals surface area contributed by atoms with E-state index in [1.165, 1.54) is 35.1 Å². The predicted octanol–water partition coefficient (Wildman–Crippen LogP) is 3.02. The van der Waals surface area contributed by atoms with Crippen molar-refractivity contribution in [1.29, 1.82) is 0 Å². The summed E-state index contributed by atoms with van der Waals surface area (Å²) in [5, 5.41) is 13.3. The van der Waals surface area contributed by atoms with E-state index in [9.17, 15) is 19.1 Å². The van der Waals surface area contributed by atoms with Gasteiger partial charge in [0.1, 0.15) is 16.0 Å². The van der Waals surface area contributed by atoms with Gasteiger partial charge in [0.05, 0.1) is 40.9 Å². The summed E-state index contributed by atoms with van der Waals surface area (Å²) in [5.41, 5.74) is 1.25. The summed E-state index contributed by atoms with van der Waals surface area (Å²) in [4.78, 5) is 30.5. The molecule has 7 nitrogen and oxygen atoms in total. The minimum atomic E-state index is -0.466. The van der Waals surface area contributed by atoms with E-state index in [0.29, 0.717) is 39.4 Å². The second kappa shape index (κ2) is 7.15. The minimum absolute atomic E-state index is 0.180. The van der Waals surface area contributed by atoms with E-state index in [1.54, 1.807) is 24.6 Å². The molecule has 0 bridgehead atoms. The lowest BCUT2D eigenvalue weighted by molar-refractivity contribution is 0.232. The average molecular weight is 461 g/mol. The average Bonchev–Trinajstić information content (AvgIpc) is 3.43. The number of halogens is 2. The minimum Gasteiger partial charge on any atom is -0.394 e. The summed E-state index contributed by atoms with van der Waals surface area (Å²) in [7, 11) is 3.03. The number of benzene rings is 1. The lowest BCUT2D eigenvalue weighted by Gasteiger charge is -2.15. The van der Waals surface area contributed by atoms with Gasteiger partial charge in [-0.25, -0.2) is 14.2 Å². The summed E-state index contributed by atoms with van der Waals surface area (Å²) in [5.74, 6) is -0.707. The first-order valence-electron chi connectivity index (χ1n) is 9.65. The third kappa shape index (κ3) is 2.84. The van der Waals surface area contributed by atoms with Crippen LogP contribution in [-0.4, -0.2) is 30.4 Å². The van der Waals surface area contributed by atoms with Crippen LogP contribution in [0.25, 0.3) is 22.2 Å². The molecule has 0 saturated heterocycles. The molecular weight excluding hydrogens is 443 g/mol. The third-order valence-corrected chi connectivity index (χ3v) is 7.23. The molecule has 1 aliphatic heterocycles. The maximum absolute atomic E-state index is 14.1. The fourth-order valence-corrected chi connectivity index (χ4v) is 5.70. The topological polar surface area (TPSA) is 82.0 Å². The highest BCUT2D eigenvalue weighted by molar-refractivity contribution is 7.10. The van der Waals surface area contributed by atoms with Gasteiger partial charge in [0.25, 0.3) is 5.56 Å². The van der Waals surface area contributed by atoms with Gasteiger partial charge < -0.3 is 9.67 Å². The quantitative estimate of drug-likeness (QED) is 0.509. The molecule has 0 amide bonds. The molecule has 0 unspecified atom stereocenters. The first-order valence-corrected chi connectivity index (χ1v) is 10.9. The Hall–Kier alpha value is -2.75. The van der Waals surface area contributed by atoms with E-state index in [4.69, 9.17) is 11.6 Å². The Morgan fingerprint density at radius 3 is 2.71 bits per heavy atom. The first-order chi connectivity index (χ1) is 14.8. The number of thiazole rings is 1. The van der Waals surface area contributed by atoms with Crippen molar-refractivity contribution in [3.63, 3.8) is 0 Å². The van der Waals surface area contributed by atoms with E-state index in [1.807, 2.05) is 4.57 Å². The summed E-state index contributed by atoms with van der Waals surface area (Å²) in [6.45, 7) is -0.180. The second-order valence-electron chi connectivity index (χ2n) is 7.68. The zero-order valence-electron chi connectivity index (χ0n) is 16.7. The van der Waals surface area contributed by atoms with E-state index in [2.05, 4.69) is 4.98 Å². The molecule has 3 aromatic heterocycles. The number of nitrogens with zero attached hydrogens (tertiary/aromatic N) is 4. The van der Waals surface area contributed by atoms with Crippen LogP contribution in [0, 0.1) is 5.82 Å². The van der Waals surface area contributed by atoms with Crippen molar-refractivity contribution in [2.75, 3.05) is 6.61 Å². The normalized spacial score (nSPS) is 18.1. The summed E-state index contributed by atoms with van der Waals surface area (Å²) >= 11 is 7.46. The van der Waals surface area contributed by atoms with Crippen LogP contribution in [0.4, 0.5) is 4.39 Å². The number of hydrogen-bond acceptors (Lipinski definition) is 5. The zero-order valence-corrected chi connectivity index (χ0v) is 18.2. The molecule has 2 atom stereocenters. The van der Waals surface area contributed by atoms with E-state index in [-0.39, 0.29) is 18.6 Å². The maximum atomic E-state index is 14.1. The highest BCUT2D eigenvalue weighted by Crippen LogP contribution is 2.49. The summed E-state index contributed by atoms with van der Waals surface area (Å²) in [6.07, 6.45) is 0.525. The van der Waals surface area contributed by atoms with Gasteiger partial charge in [-0.3, -0.25) is 13.9 Å². The number of rotatable bonds is 3. The van der Waals surface area contributed by atoms with E-state index in [0.717, 1.165) is 9.57 Å². The Morgan fingerprint density at radius 2 is 2.06 bits per heavy atom. The highest BCUT2D eigenvalue weighted by Gasteiger charge is 2.40. The number of hydrogen-bond donors (Lipinski definition) is 1. The molecule has 0 saturated carbocycles. The molecule has 31 heavy (non-hydrogen) atoms. The molecule has 1 aromatic carbocycles. The van der Waals surface area contributed by atoms with Crippen LogP contribution in [0.5, 0.6) is 0 Å². The molecule has 0 spiro atoms. The Bertz CT molecular complexity index is 1470. The fourth-order valence-electron chi connectivity index (χ4n) is 4.63.